The van der Waals surface area contributed by atoms with Crippen LogP contribution in [-0.4, -0.2) is 18.8 Å². The fourth-order valence-corrected chi connectivity index (χ4v) is 2.96. The second-order valence-corrected chi connectivity index (χ2v) is 6.15. The van der Waals surface area contributed by atoms with E-state index >= 15 is 0 Å². The molecule has 3 N–H and O–H groups in total. The summed E-state index contributed by atoms with van der Waals surface area (Å²) in [6.07, 6.45) is 16.2. The van der Waals surface area contributed by atoms with Gasteiger partial charge >= 0.3 is 0 Å². The lowest BCUT2D eigenvalue weighted by Crippen LogP contribution is -2.45. The molecular formula is C18H40N2O. The fraction of sp³-hybridized carbons (Fsp3) is 1.00. The molecule has 0 saturated heterocycles. The van der Waals surface area contributed by atoms with E-state index < -0.39 is 0 Å². The van der Waals surface area contributed by atoms with Gasteiger partial charge in [0.25, 0.3) is 0 Å². The van der Waals surface area contributed by atoms with Gasteiger partial charge in [-0.3, -0.25) is 11.3 Å². The molecule has 0 rings (SSSR count). The van der Waals surface area contributed by atoms with E-state index in [1.54, 1.807) is 0 Å². The molecule has 0 aromatic heterocycles. The van der Waals surface area contributed by atoms with Crippen molar-refractivity contribution in [3.63, 3.8) is 0 Å². The highest BCUT2D eigenvalue weighted by molar-refractivity contribution is 4.74. The van der Waals surface area contributed by atoms with Gasteiger partial charge < -0.3 is 4.74 Å². The SMILES string of the molecule is CCCCCCCCCCCCC(NN)C(CC)OCC. The summed E-state index contributed by atoms with van der Waals surface area (Å²) >= 11 is 0. The van der Waals surface area contributed by atoms with Gasteiger partial charge in [0.05, 0.1) is 6.10 Å². The average molecular weight is 301 g/mol. The molecule has 0 saturated carbocycles. The summed E-state index contributed by atoms with van der Waals surface area (Å²) in [7, 11) is 0. The Labute approximate surface area is 133 Å². The van der Waals surface area contributed by atoms with E-state index in [9.17, 15) is 0 Å². The number of ether oxygens (including phenoxy) is 1. The Morgan fingerprint density at radius 3 is 1.76 bits per heavy atom. The summed E-state index contributed by atoms with van der Waals surface area (Å²) in [4.78, 5) is 0. The van der Waals surface area contributed by atoms with Crippen molar-refractivity contribution in [2.45, 2.75) is 110 Å². The maximum absolute atomic E-state index is 5.74. The molecule has 0 aromatic carbocycles. The normalized spacial score (nSPS) is 14.3. The van der Waals surface area contributed by atoms with E-state index in [4.69, 9.17) is 10.6 Å². The van der Waals surface area contributed by atoms with Crippen molar-refractivity contribution in [1.82, 2.24) is 5.43 Å². The van der Waals surface area contributed by atoms with Gasteiger partial charge in [0, 0.05) is 12.6 Å². The van der Waals surface area contributed by atoms with Crippen molar-refractivity contribution < 1.29 is 4.74 Å². The van der Waals surface area contributed by atoms with Gasteiger partial charge in [0.2, 0.25) is 0 Å². The van der Waals surface area contributed by atoms with Crippen LogP contribution in [0.4, 0.5) is 0 Å². The van der Waals surface area contributed by atoms with E-state index in [1.807, 2.05) is 0 Å². The van der Waals surface area contributed by atoms with Crippen molar-refractivity contribution >= 4 is 0 Å². The molecule has 0 aliphatic heterocycles. The standard InChI is InChI=1S/C18H40N2O/c1-4-7-8-9-10-11-12-13-14-15-16-17(20-19)18(5-2)21-6-3/h17-18,20H,4-16,19H2,1-3H3. The first kappa shape index (κ1) is 20.9. The Morgan fingerprint density at radius 2 is 1.33 bits per heavy atom. The fourth-order valence-electron chi connectivity index (χ4n) is 2.96. The zero-order chi connectivity index (χ0) is 15.8. The molecule has 3 heteroatoms. The van der Waals surface area contributed by atoms with Crippen molar-refractivity contribution in [3.05, 3.63) is 0 Å². The first-order chi connectivity index (χ1) is 10.3. The monoisotopic (exact) mass is 300 g/mol. The first-order valence-electron chi connectivity index (χ1n) is 9.37. The summed E-state index contributed by atoms with van der Waals surface area (Å²) in [6.45, 7) is 7.27. The molecule has 21 heavy (non-hydrogen) atoms. The third-order valence-corrected chi connectivity index (χ3v) is 4.31. The predicted octanol–water partition coefficient (Wildman–Crippen LogP) is 4.94. The molecule has 0 radical (unpaired) electrons. The average Bonchev–Trinajstić information content (AvgIpc) is 2.51. The third kappa shape index (κ3) is 12.1. The molecule has 2 atom stereocenters. The molecule has 0 spiro atoms. The highest BCUT2D eigenvalue weighted by atomic mass is 16.5. The van der Waals surface area contributed by atoms with E-state index in [0.717, 1.165) is 19.4 Å². The zero-order valence-electron chi connectivity index (χ0n) is 14.8. The maximum atomic E-state index is 5.74. The largest absolute Gasteiger partial charge is 0.377 e. The molecular weight excluding hydrogens is 260 g/mol. The lowest BCUT2D eigenvalue weighted by molar-refractivity contribution is 0.0290. The summed E-state index contributed by atoms with van der Waals surface area (Å²) in [6, 6.07) is 0.309. The quantitative estimate of drug-likeness (QED) is 0.241. The number of nitrogens with two attached hydrogens (primary N) is 1. The number of hydrazine groups is 1. The minimum atomic E-state index is 0.263. The highest BCUT2D eigenvalue weighted by Gasteiger charge is 2.18. The van der Waals surface area contributed by atoms with Crippen LogP contribution in [0.25, 0.3) is 0 Å². The zero-order valence-corrected chi connectivity index (χ0v) is 14.8. The van der Waals surface area contributed by atoms with Gasteiger partial charge in [-0.15, -0.1) is 0 Å². The second-order valence-electron chi connectivity index (χ2n) is 6.15. The van der Waals surface area contributed by atoms with Crippen molar-refractivity contribution in [2.75, 3.05) is 6.61 Å². The van der Waals surface area contributed by atoms with Crippen LogP contribution in [0.15, 0.2) is 0 Å². The molecule has 2 unspecified atom stereocenters. The Bertz CT molecular complexity index is 200. The number of hydrogen-bond donors (Lipinski definition) is 2. The Morgan fingerprint density at radius 1 is 0.810 bits per heavy atom. The second kappa shape index (κ2) is 16.3. The van der Waals surface area contributed by atoms with E-state index in [2.05, 4.69) is 26.2 Å². The van der Waals surface area contributed by atoms with Crippen LogP contribution < -0.4 is 11.3 Å². The van der Waals surface area contributed by atoms with Crippen LogP contribution in [-0.2, 0) is 4.74 Å². The molecule has 3 nitrogen and oxygen atoms in total. The van der Waals surface area contributed by atoms with Crippen molar-refractivity contribution in [1.29, 1.82) is 0 Å². The summed E-state index contributed by atoms with van der Waals surface area (Å²) in [5.74, 6) is 5.67. The van der Waals surface area contributed by atoms with Crippen LogP contribution in [0, 0.1) is 0 Å². The van der Waals surface area contributed by atoms with Gasteiger partial charge in [-0.25, -0.2) is 0 Å². The number of hydrogen-bond acceptors (Lipinski definition) is 3. The summed E-state index contributed by atoms with van der Waals surface area (Å²) in [5, 5.41) is 0. The molecule has 128 valence electrons. The molecule has 0 heterocycles. The van der Waals surface area contributed by atoms with Gasteiger partial charge in [-0.1, -0.05) is 78.1 Å². The van der Waals surface area contributed by atoms with Gasteiger partial charge in [0.1, 0.15) is 0 Å². The molecule has 0 amide bonds. The van der Waals surface area contributed by atoms with Crippen LogP contribution >= 0.6 is 0 Å². The van der Waals surface area contributed by atoms with E-state index in [-0.39, 0.29) is 6.10 Å². The Kier molecular flexibility index (Phi) is 16.2. The lowest BCUT2D eigenvalue weighted by atomic mass is 10.0. The van der Waals surface area contributed by atoms with Crippen molar-refractivity contribution in [3.8, 4) is 0 Å². The van der Waals surface area contributed by atoms with E-state index in [0.29, 0.717) is 6.04 Å². The van der Waals surface area contributed by atoms with E-state index in [1.165, 1.54) is 64.2 Å². The minimum absolute atomic E-state index is 0.263. The molecule has 0 aliphatic carbocycles. The summed E-state index contributed by atoms with van der Waals surface area (Å²) in [5.41, 5.74) is 2.94. The van der Waals surface area contributed by atoms with Crippen LogP contribution in [0.5, 0.6) is 0 Å². The summed E-state index contributed by atoms with van der Waals surface area (Å²) < 4.78 is 5.74. The van der Waals surface area contributed by atoms with Gasteiger partial charge in [-0.2, -0.15) is 0 Å². The lowest BCUT2D eigenvalue weighted by Gasteiger charge is -2.25. The topological polar surface area (TPSA) is 47.3 Å². The van der Waals surface area contributed by atoms with Crippen LogP contribution in [0.1, 0.15) is 97.8 Å². The van der Waals surface area contributed by atoms with Crippen LogP contribution in [0.3, 0.4) is 0 Å². The Hall–Kier alpha value is -0.120. The smallest absolute Gasteiger partial charge is 0.0738 e. The van der Waals surface area contributed by atoms with Gasteiger partial charge in [0.15, 0.2) is 0 Å². The number of unbranched alkanes of at least 4 members (excludes halogenated alkanes) is 9. The third-order valence-electron chi connectivity index (χ3n) is 4.31. The predicted molar refractivity (Wildman–Crippen MR) is 93.3 cm³/mol. The molecule has 0 bridgehead atoms. The van der Waals surface area contributed by atoms with Crippen LogP contribution in [0.2, 0.25) is 0 Å². The highest BCUT2D eigenvalue weighted by Crippen LogP contribution is 2.14. The minimum Gasteiger partial charge on any atom is -0.377 e. The van der Waals surface area contributed by atoms with Crippen molar-refractivity contribution in [2.24, 2.45) is 5.84 Å². The number of rotatable bonds is 16. The molecule has 0 fully saturated rings. The van der Waals surface area contributed by atoms with Gasteiger partial charge in [-0.05, 0) is 19.8 Å². The molecule has 0 aromatic rings. The number of nitrogens with one attached hydrogen (secondary N) is 1. The Balaban J connectivity index is 3.46. The first-order valence-corrected chi connectivity index (χ1v) is 9.37. The maximum Gasteiger partial charge on any atom is 0.0738 e. The molecule has 0 aliphatic rings.